The Morgan fingerprint density at radius 2 is 2.21 bits per heavy atom. The van der Waals surface area contributed by atoms with Gasteiger partial charge in [-0.15, -0.1) is 10.2 Å². The van der Waals surface area contributed by atoms with Gasteiger partial charge in [-0.25, -0.2) is 4.79 Å². The number of nitrogens with zero attached hydrogens (tertiary/aromatic N) is 4. The van der Waals surface area contributed by atoms with E-state index in [1.807, 2.05) is 13.0 Å². The standard InChI is InChI=1S/C17H20N6O/c1-12(16-22-19-11-23(16)15-7-2-3-8-15)20-17(24)21-14-6-4-5-13(9-14)10-18/h4-6,9,11-12,15H,2-3,7-8H2,1H3,(H2,20,21,24)/t12-/m0/s1. The molecule has 0 bridgehead atoms. The molecular weight excluding hydrogens is 304 g/mol. The predicted molar refractivity (Wildman–Crippen MR) is 89.3 cm³/mol. The Morgan fingerprint density at radius 1 is 1.42 bits per heavy atom. The highest BCUT2D eigenvalue weighted by molar-refractivity contribution is 5.89. The van der Waals surface area contributed by atoms with Crippen molar-refractivity contribution in [1.82, 2.24) is 20.1 Å². The van der Waals surface area contributed by atoms with Crippen LogP contribution in [0.4, 0.5) is 10.5 Å². The van der Waals surface area contributed by atoms with Gasteiger partial charge in [-0.2, -0.15) is 5.26 Å². The molecule has 0 saturated heterocycles. The minimum absolute atomic E-state index is 0.257. The summed E-state index contributed by atoms with van der Waals surface area (Å²) in [6, 6.07) is 8.68. The van der Waals surface area contributed by atoms with Gasteiger partial charge < -0.3 is 15.2 Å². The van der Waals surface area contributed by atoms with Crippen LogP contribution in [0.1, 0.15) is 56.1 Å². The zero-order chi connectivity index (χ0) is 16.9. The third-order valence-electron chi connectivity index (χ3n) is 4.30. The Bertz CT molecular complexity index is 756. The van der Waals surface area contributed by atoms with E-state index < -0.39 is 0 Å². The second kappa shape index (κ2) is 7.13. The van der Waals surface area contributed by atoms with E-state index >= 15 is 0 Å². The van der Waals surface area contributed by atoms with Crippen LogP contribution in [0, 0.1) is 11.3 Å². The molecule has 1 atom stereocenters. The van der Waals surface area contributed by atoms with E-state index in [2.05, 4.69) is 25.4 Å². The molecule has 1 fully saturated rings. The Hall–Kier alpha value is -2.88. The second-order valence-electron chi connectivity index (χ2n) is 6.05. The molecule has 124 valence electrons. The molecule has 1 heterocycles. The van der Waals surface area contributed by atoms with Crippen molar-refractivity contribution < 1.29 is 4.79 Å². The number of aromatic nitrogens is 3. The van der Waals surface area contributed by atoms with Gasteiger partial charge in [0.1, 0.15) is 6.33 Å². The van der Waals surface area contributed by atoms with Gasteiger partial charge in [0, 0.05) is 11.7 Å². The summed E-state index contributed by atoms with van der Waals surface area (Å²) in [5, 5.41) is 22.7. The van der Waals surface area contributed by atoms with Gasteiger partial charge in [0.05, 0.1) is 17.7 Å². The fraction of sp³-hybridized carbons (Fsp3) is 0.412. The fourth-order valence-electron chi connectivity index (χ4n) is 3.12. The van der Waals surface area contributed by atoms with E-state index in [-0.39, 0.29) is 12.1 Å². The maximum absolute atomic E-state index is 12.2. The molecule has 1 aromatic carbocycles. The average molecular weight is 324 g/mol. The molecule has 0 aliphatic heterocycles. The summed E-state index contributed by atoms with van der Waals surface area (Å²) in [6.45, 7) is 1.89. The number of carbonyl (C=O) groups is 1. The molecule has 3 rings (SSSR count). The Kier molecular flexibility index (Phi) is 4.75. The average Bonchev–Trinajstić information content (AvgIpc) is 3.25. The Labute approximate surface area is 140 Å². The van der Waals surface area contributed by atoms with Gasteiger partial charge in [0.15, 0.2) is 5.82 Å². The van der Waals surface area contributed by atoms with Crippen LogP contribution in [0.25, 0.3) is 0 Å². The highest BCUT2D eigenvalue weighted by Crippen LogP contribution is 2.31. The maximum atomic E-state index is 12.2. The first-order valence-electron chi connectivity index (χ1n) is 8.14. The molecule has 2 N–H and O–H groups in total. The smallest absolute Gasteiger partial charge is 0.319 e. The number of nitriles is 1. The van der Waals surface area contributed by atoms with Crippen LogP contribution in [-0.2, 0) is 0 Å². The van der Waals surface area contributed by atoms with Crippen molar-refractivity contribution in [3.8, 4) is 6.07 Å². The quantitative estimate of drug-likeness (QED) is 0.903. The molecule has 1 saturated carbocycles. The number of urea groups is 1. The molecule has 1 aliphatic carbocycles. The topological polar surface area (TPSA) is 95.6 Å². The lowest BCUT2D eigenvalue weighted by Crippen LogP contribution is -2.33. The summed E-state index contributed by atoms with van der Waals surface area (Å²) >= 11 is 0. The van der Waals surface area contributed by atoms with Gasteiger partial charge >= 0.3 is 6.03 Å². The van der Waals surface area contributed by atoms with Gasteiger partial charge in [0.2, 0.25) is 0 Å². The zero-order valence-electron chi connectivity index (χ0n) is 13.6. The highest BCUT2D eigenvalue weighted by atomic mass is 16.2. The molecule has 2 amide bonds. The normalized spacial score (nSPS) is 15.7. The van der Waals surface area contributed by atoms with Crippen LogP contribution >= 0.6 is 0 Å². The van der Waals surface area contributed by atoms with Crippen molar-refractivity contribution in [2.24, 2.45) is 0 Å². The molecule has 7 nitrogen and oxygen atoms in total. The van der Waals surface area contributed by atoms with E-state index in [0.717, 1.165) is 18.7 Å². The molecular formula is C17H20N6O. The minimum atomic E-state index is -0.335. The first kappa shape index (κ1) is 16.0. The number of carbonyl (C=O) groups excluding carboxylic acids is 1. The van der Waals surface area contributed by atoms with Gasteiger partial charge in [-0.3, -0.25) is 0 Å². The van der Waals surface area contributed by atoms with Crippen molar-refractivity contribution >= 4 is 11.7 Å². The Balaban J connectivity index is 1.64. The summed E-state index contributed by atoms with van der Waals surface area (Å²) < 4.78 is 2.08. The van der Waals surface area contributed by atoms with E-state index in [1.165, 1.54) is 12.8 Å². The SMILES string of the molecule is C[C@H](NC(=O)Nc1cccc(C#N)c1)c1nncn1C1CCCC1. The maximum Gasteiger partial charge on any atom is 0.319 e. The first-order chi connectivity index (χ1) is 11.7. The van der Waals surface area contributed by atoms with Crippen molar-refractivity contribution in [2.75, 3.05) is 5.32 Å². The number of benzene rings is 1. The summed E-state index contributed by atoms with van der Waals surface area (Å²) in [4.78, 5) is 12.2. The van der Waals surface area contributed by atoms with Crippen LogP contribution in [0.3, 0.4) is 0 Å². The monoisotopic (exact) mass is 324 g/mol. The summed E-state index contributed by atoms with van der Waals surface area (Å²) in [5.74, 6) is 0.767. The van der Waals surface area contributed by atoms with Crippen LogP contribution in [-0.4, -0.2) is 20.8 Å². The van der Waals surface area contributed by atoms with Crippen molar-refractivity contribution in [1.29, 1.82) is 5.26 Å². The van der Waals surface area contributed by atoms with Crippen LogP contribution in [0.15, 0.2) is 30.6 Å². The van der Waals surface area contributed by atoms with Gasteiger partial charge in [0.25, 0.3) is 0 Å². The molecule has 1 aliphatic rings. The van der Waals surface area contributed by atoms with Crippen molar-refractivity contribution in [2.45, 2.75) is 44.7 Å². The number of hydrogen-bond donors (Lipinski definition) is 2. The Morgan fingerprint density at radius 3 is 2.96 bits per heavy atom. The van der Waals surface area contributed by atoms with E-state index in [9.17, 15) is 4.79 Å². The molecule has 0 unspecified atom stereocenters. The lowest BCUT2D eigenvalue weighted by molar-refractivity contribution is 0.248. The lowest BCUT2D eigenvalue weighted by Gasteiger charge is -2.19. The van der Waals surface area contributed by atoms with E-state index in [4.69, 9.17) is 5.26 Å². The first-order valence-corrected chi connectivity index (χ1v) is 8.14. The largest absolute Gasteiger partial charge is 0.328 e. The molecule has 0 spiro atoms. The number of amides is 2. The minimum Gasteiger partial charge on any atom is -0.328 e. The van der Waals surface area contributed by atoms with Crippen LogP contribution in [0.5, 0.6) is 0 Å². The number of hydrogen-bond acceptors (Lipinski definition) is 4. The van der Waals surface area contributed by atoms with Crippen LogP contribution in [0.2, 0.25) is 0 Å². The molecule has 0 radical (unpaired) electrons. The third kappa shape index (κ3) is 3.54. The van der Waals surface area contributed by atoms with Gasteiger partial charge in [-0.1, -0.05) is 18.9 Å². The van der Waals surface area contributed by atoms with Gasteiger partial charge in [-0.05, 0) is 38.0 Å². The number of anilines is 1. The third-order valence-corrected chi connectivity index (χ3v) is 4.30. The summed E-state index contributed by atoms with van der Waals surface area (Å²) in [5.41, 5.74) is 1.08. The van der Waals surface area contributed by atoms with Crippen molar-refractivity contribution in [3.05, 3.63) is 42.0 Å². The zero-order valence-corrected chi connectivity index (χ0v) is 13.6. The fourth-order valence-corrected chi connectivity index (χ4v) is 3.12. The number of rotatable bonds is 4. The molecule has 24 heavy (non-hydrogen) atoms. The van der Waals surface area contributed by atoms with Crippen LogP contribution < -0.4 is 10.6 Å². The van der Waals surface area contributed by atoms with Crippen molar-refractivity contribution in [3.63, 3.8) is 0 Å². The van der Waals surface area contributed by atoms with E-state index in [0.29, 0.717) is 17.3 Å². The van der Waals surface area contributed by atoms with E-state index in [1.54, 1.807) is 30.6 Å². The molecule has 1 aromatic heterocycles. The highest BCUT2D eigenvalue weighted by Gasteiger charge is 2.23. The number of nitrogens with one attached hydrogen (secondary N) is 2. The second-order valence-corrected chi connectivity index (χ2v) is 6.05. The molecule has 2 aromatic rings. The lowest BCUT2D eigenvalue weighted by atomic mass is 10.2. The summed E-state index contributed by atoms with van der Waals surface area (Å²) in [6.07, 6.45) is 6.45. The molecule has 7 heteroatoms. The summed E-state index contributed by atoms with van der Waals surface area (Å²) in [7, 11) is 0. The predicted octanol–water partition coefficient (Wildman–Crippen LogP) is 3.15.